The first-order chi connectivity index (χ1) is 9.52. The summed E-state index contributed by atoms with van der Waals surface area (Å²) in [5.74, 6) is -0.901. The monoisotopic (exact) mass is 298 g/mol. The zero-order valence-electron chi connectivity index (χ0n) is 10.9. The number of nitrogens with zero attached hydrogens (tertiary/aromatic N) is 1. The van der Waals surface area contributed by atoms with Crippen LogP contribution >= 0.6 is 11.6 Å². The van der Waals surface area contributed by atoms with Crippen molar-refractivity contribution in [2.45, 2.75) is 31.3 Å². The van der Waals surface area contributed by atoms with Crippen molar-refractivity contribution in [3.63, 3.8) is 0 Å². The summed E-state index contributed by atoms with van der Waals surface area (Å²) < 4.78 is 14.0. The van der Waals surface area contributed by atoms with E-state index in [2.05, 4.69) is 0 Å². The van der Waals surface area contributed by atoms with E-state index in [0.29, 0.717) is 0 Å². The van der Waals surface area contributed by atoms with Gasteiger partial charge in [-0.3, -0.25) is 4.79 Å². The van der Waals surface area contributed by atoms with Crippen LogP contribution in [0.25, 0.3) is 0 Å². The first kappa shape index (κ1) is 13.6. The van der Waals surface area contributed by atoms with Crippen LogP contribution in [-0.4, -0.2) is 34.6 Å². The standard InChI is InChI=1S/C14H16ClFN2O2/c15-10-4-9(11(16)5-12(10)17)14(20)18-8-1-2-13(18)7(3-8)6-19/h4-5,7-8,13,19H,1-3,6,17H2. The lowest BCUT2D eigenvalue weighted by molar-refractivity contribution is 0.0703. The minimum Gasteiger partial charge on any atom is -0.397 e. The number of fused-ring (bicyclic) bond motifs is 2. The molecule has 3 unspecified atom stereocenters. The lowest BCUT2D eigenvalue weighted by Crippen LogP contribution is -2.37. The van der Waals surface area contributed by atoms with Crippen molar-refractivity contribution in [1.29, 1.82) is 0 Å². The molecule has 2 saturated heterocycles. The number of carbonyl (C=O) groups excluding carboxylic acids is 1. The summed E-state index contributed by atoms with van der Waals surface area (Å²) in [5, 5.41) is 9.52. The van der Waals surface area contributed by atoms with Gasteiger partial charge in [0.05, 0.1) is 16.3 Å². The summed E-state index contributed by atoms with van der Waals surface area (Å²) in [6.45, 7) is 0.0654. The van der Waals surface area contributed by atoms with Crippen LogP contribution < -0.4 is 5.73 Å². The number of carbonyl (C=O) groups is 1. The number of hydrogen-bond donors (Lipinski definition) is 2. The Labute approximate surface area is 121 Å². The summed E-state index contributed by atoms with van der Waals surface area (Å²) in [7, 11) is 0. The maximum Gasteiger partial charge on any atom is 0.257 e. The van der Waals surface area contributed by atoms with Gasteiger partial charge in [-0.05, 0) is 31.4 Å². The molecule has 6 heteroatoms. The van der Waals surface area contributed by atoms with Crippen LogP contribution in [-0.2, 0) is 0 Å². The van der Waals surface area contributed by atoms with E-state index in [-0.39, 0.29) is 46.8 Å². The molecule has 2 fully saturated rings. The van der Waals surface area contributed by atoms with E-state index in [0.717, 1.165) is 25.3 Å². The molecule has 1 amide bonds. The Kier molecular flexibility index (Phi) is 3.34. The van der Waals surface area contributed by atoms with Gasteiger partial charge in [-0.25, -0.2) is 4.39 Å². The first-order valence-corrected chi connectivity index (χ1v) is 7.08. The number of aliphatic hydroxyl groups is 1. The predicted octanol–water partition coefficient (Wildman–Crippen LogP) is 2.05. The lowest BCUT2D eigenvalue weighted by Gasteiger charge is -2.24. The van der Waals surface area contributed by atoms with E-state index in [1.165, 1.54) is 6.07 Å². The molecule has 0 aromatic heterocycles. The molecular weight excluding hydrogens is 283 g/mol. The van der Waals surface area contributed by atoms with Crippen molar-refractivity contribution in [2.75, 3.05) is 12.3 Å². The van der Waals surface area contributed by atoms with Crippen molar-refractivity contribution >= 4 is 23.2 Å². The molecule has 2 heterocycles. The van der Waals surface area contributed by atoms with Gasteiger partial charge in [0.2, 0.25) is 0 Å². The highest BCUT2D eigenvalue weighted by molar-refractivity contribution is 6.33. The second-order valence-electron chi connectivity index (χ2n) is 5.54. The largest absolute Gasteiger partial charge is 0.397 e. The van der Waals surface area contributed by atoms with Crippen molar-refractivity contribution in [3.05, 3.63) is 28.5 Å². The molecule has 3 N–H and O–H groups in total. The fourth-order valence-electron chi connectivity index (χ4n) is 3.49. The number of benzene rings is 1. The number of hydrogen-bond acceptors (Lipinski definition) is 3. The number of rotatable bonds is 2. The van der Waals surface area contributed by atoms with E-state index in [1.54, 1.807) is 4.90 Å². The van der Waals surface area contributed by atoms with Gasteiger partial charge in [-0.15, -0.1) is 0 Å². The van der Waals surface area contributed by atoms with Gasteiger partial charge >= 0.3 is 0 Å². The highest BCUT2D eigenvalue weighted by Gasteiger charge is 2.48. The Bertz CT molecular complexity index is 566. The summed E-state index contributed by atoms with van der Waals surface area (Å²) >= 11 is 5.88. The maximum atomic E-state index is 14.0. The quantitative estimate of drug-likeness (QED) is 0.821. The molecule has 0 aliphatic carbocycles. The zero-order chi connectivity index (χ0) is 14.4. The minimum absolute atomic E-state index is 0.00762. The predicted molar refractivity (Wildman–Crippen MR) is 74.0 cm³/mol. The number of anilines is 1. The third kappa shape index (κ3) is 1.96. The molecule has 1 aromatic carbocycles. The van der Waals surface area contributed by atoms with Crippen molar-refractivity contribution in [2.24, 2.45) is 5.92 Å². The van der Waals surface area contributed by atoms with Crippen LogP contribution in [0.4, 0.5) is 10.1 Å². The SMILES string of the molecule is Nc1cc(F)c(C(=O)N2C3CCC2C(CO)C3)cc1Cl. The van der Waals surface area contributed by atoms with Crippen LogP contribution in [0.1, 0.15) is 29.6 Å². The smallest absolute Gasteiger partial charge is 0.257 e. The molecule has 3 rings (SSSR count). The van der Waals surface area contributed by atoms with Crippen molar-refractivity contribution in [1.82, 2.24) is 4.90 Å². The van der Waals surface area contributed by atoms with E-state index >= 15 is 0 Å². The Balaban J connectivity index is 1.92. The Morgan fingerprint density at radius 1 is 1.50 bits per heavy atom. The fraction of sp³-hybridized carbons (Fsp3) is 0.500. The highest BCUT2D eigenvalue weighted by atomic mass is 35.5. The zero-order valence-corrected chi connectivity index (χ0v) is 11.6. The normalized spacial score (nSPS) is 28.1. The van der Waals surface area contributed by atoms with E-state index in [9.17, 15) is 14.3 Å². The number of halogens is 2. The minimum atomic E-state index is -0.649. The first-order valence-electron chi connectivity index (χ1n) is 6.71. The van der Waals surface area contributed by atoms with Crippen LogP contribution in [0.15, 0.2) is 12.1 Å². The van der Waals surface area contributed by atoms with Gasteiger partial charge in [-0.1, -0.05) is 11.6 Å². The maximum absolute atomic E-state index is 14.0. The molecule has 1 aromatic rings. The van der Waals surface area contributed by atoms with Crippen LogP contribution in [0, 0.1) is 11.7 Å². The molecule has 0 saturated carbocycles. The summed E-state index contributed by atoms with van der Waals surface area (Å²) in [6, 6.07) is 2.48. The molecule has 108 valence electrons. The number of nitrogens with two attached hydrogens (primary N) is 1. The third-order valence-corrected chi connectivity index (χ3v) is 4.78. The molecular formula is C14H16ClFN2O2. The van der Waals surface area contributed by atoms with Crippen molar-refractivity contribution in [3.8, 4) is 0 Å². The van der Waals surface area contributed by atoms with Gasteiger partial charge in [0.25, 0.3) is 5.91 Å². The Morgan fingerprint density at radius 3 is 2.90 bits per heavy atom. The van der Waals surface area contributed by atoms with Crippen LogP contribution in [0.5, 0.6) is 0 Å². The van der Waals surface area contributed by atoms with Gasteiger partial charge in [0, 0.05) is 24.6 Å². The summed E-state index contributed by atoms with van der Waals surface area (Å²) in [5.41, 5.74) is 5.61. The van der Waals surface area contributed by atoms with E-state index in [1.807, 2.05) is 0 Å². The van der Waals surface area contributed by atoms with Gasteiger partial charge in [-0.2, -0.15) is 0 Å². The Hall–Kier alpha value is -1.33. The average Bonchev–Trinajstić information content (AvgIpc) is 2.99. The van der Waals surface area contributed by atoms with E-state index in [4.69, 9.17) is 17.3 Å². The van der Waals surface area contributed by atoms with Gasteiger partial charge in [0.1, 0.15) is 5.82 Å². The second-order valence-corrected chi connectivity index (χ2v) is 5.95. The summed E-state index contributed by atoms with van der Waals surface area (Å²) in [6.07, 6.45) is 2.57. The van der Waals surface area contributed by atoms with Crippen LogP contribution in [0.3, 0.4) is 0 Å². The molecule has 0 spiro atoms. The van der Waals surface area contributed by atoms with E-state index < -0.39 is 5.82 Å². The average molecular weight is 299 g/mol. The molecule has 2 bridgehead atoms. The van der Waals surface area contributed by atoms with Gasteiger partial charge in [0.15, 0.2) is 0 Å². The molecule has 20 heavy (non-hydrogen) atoms. The molecule has 3 atom stereocenters. The number of amides is 1. The topological polar surface area (TPSA) is 66.6 Å². The molecule has 4 nitrogen and oxygen atoms in total. The molecule has 0 radical (unpaired) electrons. The summed E-state index contributed by atoms with van der Waals surface area (Å²) in [4.78, 5) is 14.3. The molecule has 2 aliphatic rings. The number of aliphatic hydroxyl groups excluding tert-OH is 1. The highest BCUT2D eigenvalue weighted by Crippen LogP contribution is 2.42. The third-order valence-electron chi connectivity index (χ3n) is 4.45. The molecule has 2 aliphatic heterocycles. The second kappa shape index (κ2) is 4.90. The van der Waals surface area contributed by atoms with Gasteiger partial charge < -0.3 is 15.7 Å². The van der Waals surface area contributed by atoms with Crippen molar-refractivity contribution < 1.29 is 14.3 Å². The Morgan fingerprint density at radius 2 is 2.25 bits per heavy atom. The lowest BCUT2D eigenvalue weighted by atomic mass is 9.90. The fourth-order valence-corrected chi connectivity index (χ4v) is 3.65. The number of nitrogen functional groups attached to an aromatic ring is 1. The van der Waals surface area contributed by atoms with Crippen LogP contribution in [0.2, 0.25) is 5.02 Å².